The lowest BCUT2D eigenvalue weighted by molar-refractivity contribution is -0.150. The first-order valence-corrected chi connectivity index (χ1v) is 6.05. The molecule has 0 fully saturated rings. The van der Waals surface area contributed by atoms with E-state index in [1.807, 2.05) is 0 Å². The van der Waals surface area contributed by atoms with E-state index in [-0.39, 0.29) is 11.3 Å². The minimum Gasteiger partial charge on any atom is -0.479 e. The average molecular weight is 272 g/mol. The second-order valence-corrected chi connectivity index (χ2v) is 4.58. The van der Waals surface area contributed by atoms with Gasteiger partial charge in [-0.05, 0) is 6.92 Å². The molecule has 2 aromatic carbocycles. The Hall–Kier alpha value is -2.49. The zero-order valence-electron chi connectivity index (χ0n) is 10.8. The molecule has 0 bridgehead atoms. The van der Waals surface area contributed by atoms with Crippen LogP contribution in [0.4, 0.5) is 4.39 Å². The van der Waals surface area contributed by atoms with Crippen LogP contribution in [0.5, 0.6) is 0 Å². The molecule has 0 aliphatic heterocycles. The molecule has 0 aliphatic rings. The third-order valence-corrected chi connectivity index (χ3v) is 3.13. The minimum atomic E-state index is -2.46. The van der Waals surface area contributed by atoms with Crippen molar-refractivity contribution < 1.29 is 19.1 Å². The van der Waals surface area contributed by atoms with Gasteiger partial charge < -0.3 is 5.11 Å². The first kappa shape index (κ1) is 13.9. The van der Waals surface area contributed by atoms with Crippen molar-refractivity contribution in [1.29, 1.82) is 0 Å². The molecular formula is C16H13FO3. The standard InChI is InChI=1S/C16H13FO3/c1-16(17,15(19)20)13-9-7-12(8-10-13)14(18)11-5-3-2-4-6-11/h2-10H,1H3,(H,19,20)/t16-/m0/s1. The summed E-state index contributed by atoms with van der Waals surface area (Å²) in [5, 5.41) is 8.81. The monoisotopic (exact) mass is 272 g/mol. The molecule has 0 saturated carbocycles. The molecule has 102 valence electrons. The molecule has 0 heterocycles. The molecule has 0 radical (unpaired) electrons. The van der Waals surface area contributed by atoms with Gasteiger partial charge in [0.25, 0.3) is 0 Å². The van der Waals surface area contributed by atoms with Crippen LogP contribution in [0.3, 0.4) is 0 Å². The van der Waals surface area contributed by atoms with Gasteiger partial charge in [-0.25, -0.2) is 9.18 Å². The van der Waals surface area contributed by atoms with Crippen molar-refractivity contribution in [2.24, 2.45) is 0 Å². The van der Waals surface area contributed by atoms with Crippen LogP contribution >= 0.6 is 0 Å². The molecule has 2 aromatic rings. The highest BCUT2D eigenvalue weighted by atomic mass is 19.1. The Morgan fingerprint density at radius 2 is 1.45 bits per heavy atom. The van der Waals surface area contributed by atoms with Gasteiger partial charge in [0.05, 0.1) is 0 Å². The van der Waals surface area contributed by atoms with Crippen LogP contribution < -0.4 is 0 Å². The summed E-state index contributed by atoms with van der Waals surface area (Å²) >= 11 is 0. The van der Waals surface area contributed by atoms with Crippen LogP contribution in [0.1, 0.15) is 28.4 Å². The number of carbonyl (C=O) groups is 2. The quantitative estimate of drug-likeness (QED) is 0.870. The van der Waals surface area contributed by atoms with Crippen LogP contribution in [0.2, 0.25) is 0 Å². The van der Waals surface area contributed by atoms with Crippen molar-refractivity contribution in [2.75, 3.05) is 0 Å². The summed E-state index contributed by atoms with van der Waals surface area (Å²) in [5.74, 6) is -1.74. The molecule has 1 atom stereocenters. The van der Waals surface area contributed by atoms with E-state index in [4.69, 9.17) is 5.11 Å². The SMILES string of the molecule is C[C@@](F)(C(=O)O)c1ccc(C(=O)c2ccccc2)cc1. The van der Waals surface area contributed by atoms with E-state index in [0.29, 0.717) is 11.1 Å². The number of ketones is 1. The minimum absolute atomic E-state index is 0.00890. The smallest absolute Gasteiger partial charge is 0.345 e. The predicted octanol–water partition coefficient (Wildman–Crippen LogP) is 3.19. The lowest BCUT2D eigenvalue weighted by Gasteiger charge is -2.15. The van der Waals surface area contributed by atoms with Gasteiger partial charge in [0.15, 0.2) is 5.78 Å². The summed E-state index contributed by atoms with van der Waals surface area (Å²) in [6, 6.07) is 14.2. The number of carboxylic acid groups (broad SMARTS) is 1. The second-order valence-electron chi connectivity index (χ2n) is 4.58. The van der Waals surface area contributed by atoms with Gasteiger partial charge in [-0.3, -0.25) is 4.79 Å². The second kappa shape index (κ2) is 5.25. The summed E-state index contributed by atoms with van der Waals surface area (Å²) in [5.41, 5.74) is -1.54. The normalized spacial score (nSPS) is 13.5. The van der Waals surface area contributed by atoms with E-state index in [1.54, 1.807) is 30.3 Å². The number of hydrogen-bond donors (Lipinski definition) is 1. The predicted molar refractivity (Wildman–Crippen MR) is 72.4 cm³/mol. The summed E-state index contributed by atoms with van der Waals surface area (Å²) in [7, 11) is 0. The van der Waals surface area contributed by atoms with Gasteiger partial charge in [0.2, 0.25) is 5.67 Å². The first-order chi connectivity index (χ1) is 9.43. The van der Waals surface area contributed by atoms with Gasteiger partial charge in [-0.2, -0.15) is 0 Å². The fraction of sp³-hybridized carbons (Fsp3) is 0.125. The highest BCUT2D eigenvalue weighted by Gasteiger charge is 2.34. The number of hydrogen-bond acceptors (Lipinski definition) is 2. The van der Waals surface area contributed by atoms with Gasteiger partial charge in [-0.15, -0.1) is 0 Å². The lowest BCUT2D eigenvalue weighted by atomic mass is 9.95. The third-order valence-electron chi connectivity index (χ3n) is 3.13. The maximum absolute atomic E-state index is 13.9. The number of rotatable bonds is 4. The van der Waals surface area contributed by atoms with E-state index in [1.165, 1.54) is 24.3 Å². The highest BCUT2D eigenvalue weighted by molar-refractivity contribution is 6.09. The Balaban J connectivity index is 2.30. The van der Waals surface area contributed by atoms with E-state index in [0.717, 1.165) is 6.92 Å². The Labute approximate surface area is 115 Å². The van der Waals surface area contributed by atoms with Crippen molar-refractivity contribution in [2.45, 2.75) is 12.6 Å². The summed E-state index contributed by atoms with van der Waals surface area (Å²) in [6.45, 7) is 0.976. The van der Waals surface area contributed by atoms with Crippen molar-refractivity contribution in [3.8, 4) is 0 Å². The van der Waals surface area contributed by atoms with Crippen molar-refractivity contribution in [1.82, 2.24) is 0 Å². The van der Waals surface area contributed by atoms with Gasteiger partial charge >= 0.3 is 5.97 Å². The summed E-state index contributed by atoms with van der Waals surface area (Å²) < 4.78 is 13.9. The van der Waals surface area contributed by atoms with E-state index >= 15 is 0 Å². The number of alkyl halides is 1. The first-order valence-electron chi connectivity index (χ1n) is 6.05. The van der Waals surface area contributed by atoms with E-state index < -0.39 is 11.6 Å². The Bertz CT molecular complexity index is 631. The molecule has 0 saturated heterocycles. The van der Waals surface area contributed by atoms with Gasteiger partial charge in [-0.1, -0.05) is 54.6 Å². The van der Waals surface area contributed by atoms with Crippen molar-refractivity contribution in [3.05, 3.63) is 71.3 Å². The molecule has 1 N–H and O–H groups in total. The Morgan fingerprint density at radius 1 is 0.950 bits per heavy atom. The molecule has 0 amide bonds. The molecule has 0 unspecified atom stereocenters. The number of carbonyl (C=O) groups excluding carboxylic acids is 1. The van der Waals surface area contributed by atoms with Gasteiger partial charge in [0.1, 0.15) is 0 Å². The van der Waals surface area contributed by atoms with Crippen LogP contribution in [0.25, 0.3) is 0 Å². The van der Waals surface area contributed by atoms with Gasteiger partial charge in [0, 0.05) is 16.7 Å². The van der Waals surface area contributed by atoms with Crippen LogP contribution in [-0.2, 0) is 10.5 Å². The van der Waals surface area contributed by atoms with Crippen LogP contribution in [0.15, 0.2) is 54.6 Å². The zero-order chi connectivity index (χ0) is 14.8. The highest BCUT2D eigenvalue weighted by Crippen LogP contribution is 2.26. The Morgan fingerprint density at radius 3 is 1.95 bits per heavy atom. The van der Waals surface area contributed by atoms with Crippen molar-refractivity contribution in [3.63, 3.8) is 0 Å². The molecule has 3 nitrogen and oxygen atoms in total. The topological polar surface area (TPSA) is 54.4 Å². The van der Waals surface area contributed by atoms with Crippen molar-refractivity contribution >= 4 is 11.8 Å². The molecule has 0 aliphatic carbocycles. The van der Waals surface area contributed by atoms with E-state index in [9.17, 15) is 14.0 Å². The van der Waals surface area contributed by atoms with E-state index in [2.05, 4.69) is 0 Å². The fourth-order valence-corrected chi connectivity index (χ4v) is 1.81. The molecular weight excluding hydrogens is 259 g/mol. The van der Waals surface area contributed by atoms with Crippen LogP contribution in [0, 0.1) is 0 Å². The molecule has 0 spiro atoms. The zero-order valence-corrected chi connectivity index (χ0v) is 10.8. The summed E-state index contributed by atoms with van der Waals surface area (Å²) in [6.07, 6.45) is 0. The molecule has 2 rings (SSSR count). The number of aliphatic carboxylic acids is 1. The maximum Gasteiger partial charge on any atom is 0.345 e. The number of benzene rings is 2. The molecule has 20 heavy (non-hydrogen) atoms. The number of halogens is 1. The fourth-order valence-electron chi connectivity index (χ4n) is 1.81. The number of carboxylic acids is 1. The summed E-state index contributed by atoms with van der Waals surface area (Å²) in [4.78, 5) is 23.0. The lowest BCUT2D eigenvalue weighted by Crippen LogP contribution is -2.26. The molecule has 4 heteroatoms. The third kappa shape index (κ3) is 2.59. The van der Waals surface area contributed by atoms with Crippen LogP contribution in [-0.4, -0.2) is 16.9 Å². The average Bonchev–Trinajstić information content (AvgIpc) is 2.47. The maximum atomic E-state index is 13.9. The Kier molecular flexibility index (Phi) is 3.66. The largest absolute Gasteiger partial charge is 0.479 e. The molecule has 0 aromatic heterocycles.